The summed E-state index contributed by atoms with van der Waals surface area (Å²) in [6.45, 7) is 11.4. The Morgan fingerprint density at radius 3 is 1.83 bits per heavy atom. The van der Waals surface area contributed by atoms with Crippen molar-refractivity contribution in [1.82, 2.24) is 0 Å². The summed E-state index contributed by atoms with van der Waals surface area (Å²) in [5.74, 6) is -0.777. The van der Waals surface area contributed by atoms with Gasteiger partial charge in [-0.1, -0.05) is 13.2 Å². The Labute approximate surface area is 137 Å². The third-order valence-electron chi connectivity index (χ3n) is 3.30. The number of carbonyl (C=O) groups is 3. The largest absolute Gasteiger partial charge is 0.513 e. The zero-order chi connectivity index (χ0) is 18.6. The van der Waals surface area contributed by atoms with Crippen LogP contribution in [0.4, 0.5) is 4.79 Å². The Hall–Kier alpha value is -2.15. The van der Waals surface area contributed by atoms with Crippen molar-refractivity contribution in [3.8, 4) is 0 Å². The van der Waals surface area contributed by atoms with Gasteiger partial charge >= 0.3 is 18.0 Å². The van der Waals surface area contributed by atoms with E-state index in [0.717, 1.165) is 0 Å². The fraction of sp³-hybridized carbons (Fsp3) is 0.562. The normalized spacial score (nSPS) is 12.0. The molecule has 0 bridgehead atoms. The second kappa shape index (κ2) is 11.4. The Balaban J connectivity index is 0. The molecular formula is C16H28NO6+. The molecule has 1 atom stereocenters. The smallest absolute Gasteiger partial charge is 0.466 e. The first-order valence-corrected chi connectivity index (χ1v) is 7.13. The number of methoxy groups -OCH3 is 2. The maximum absolute atomic E-state index is 11.0. The summed E-state index contributed by atoms with van der Waals surface area (Å²) in [6, 6.07) is 0. The van der Waals surface area contributed by atoms with Gasteiger partial charge in [-0.3, -0.25) is 0 Å². The highest BCUT2D eigenvalue weighted by molar-refractivity contribution is 5.87. The minimum Gasteiger partial charge on any atom is -0.466 e. The van der Waals surface area contributed by atoms with Gasteiger partial charge in [0.25, 0.3) is 0 Å². The van der Waals surface area contributed by atoms with E-state index in [1.54, 1.807) is 14.0 Å². The topological polar surface area (TPSA) is 89.9 Å². The first-order chi connectivity index (χ1) is 10.5. The molecule has 0 aromatic heterocycles. The highest BCUT2D eigenvalue weighted by Gasteiger charge is 2.28. The van der Waals surface area contributed by atoms with Gasteiger partial charge in [-0.15, -0.1) is 0 Å². The molecule has 0 aromatic rings. The summed E-state index contributed by atoms with van der Waals surface area (Å²) in [6.07, 6.45) is 0.212. The summed E-state index contributed by atoms with van der Waals surface area (Å²) in [4.78, 5) is 32.2. The number of amides is 1. The predicted molar refractivity (Wildman–Crippen MR) is 86.8 cm³/mol. The van der Waals surface area contributed by atoms with Crippen LogP contribution in [0.1, 0.15) is 26.7 Å². The number of rotatable bonds is 7. The zero-order valence-corrected chi connectivity index (χ0v) is 14.7. The summed E-state index contributed by atoms with van der Waals surface area (Å²) in [5, 5.41) is 9.01. The van der Waals surface area contributed by atoms with Gasteiger partial charge in [0, 0.05) is 17.6 Å². The molecular weight excluding hydrogens is 302 g/mol. The van der Waals surface area contributed by atoms with Gasteiger partial charge in [-0.05, 0) is 20.3 Å². The fourth-order valence-corrected chi connectivity index (χ4v) is 1.45. The first-order valence-electron chi connectivity index (χ1n) is 7.13. The lowest BCUT2D eigenvalue weighted by Crippen LogP contribution is -2.48. The minimum absolute atomic E-state index is 0.0472. The number of esters is 2. The van der Waals surface area contributed by atoms with Crippen molar-refractivity contribution in [2.24, 2.45) is 0 Å². The van der Waals surface area contributed by atoms with Crippen molar-refractivity contribution in [1.29, 1.82) is 0 Å². The summed E-state index contributed by atoms with van der Waals surface area (Å²) in [5.41, 5.74) is 0.818. The predicted octanol–water partition coefficient (Wildman–Crippen LogP) is 2.38. The van der Waals surface area contributed by atoms with E-state index in [-0.39, 0.29) is 10.5 Å². The zero-order valence-electron chi connectivity index (χ0n) is 14.7. The Morgan fingerprint density at radius 2 is 1.57 bits per heavy atom. The number of quaternary nitrogens is 1. The molecule has 0 radical (unpaired) electrons. The van der Waals surface area contributed by atoms with E-state index in [2.05, 4.69) is 22.6 Å². The van der Waals surface area contributed by atoms with Crippen molar-refractivity contribution >= 4 is 18.0 Å². The molecule has 1 N–H and O–H groups in total. The third kappa shape index (κ3) is 9.46. The quantitative estimate of drug-likeness (QED) is 0.438. The monoisotopic (exact) mass is 330 g/mol. The van der Waals surface area contributed by atoms with Crippen molar-refractivity contribution in [3.05, 3.63) is 24.3 Å². The van der Waals surface area contributed by atoms with Crippen molar-refractivity contribution in [3.63, 3.8) is 0 Å². The van der Waals surface area contributed by atoms with E-state index in [9.17, 15) is 14.4 Å². The highest BCUT2D eigenvalue weighted by atomic mass is 16.5. The molecule has 23 heavy (non-hydrogen) atoms. The SMILES string of the molecule is C=C(C)C(=O)OC.C=C(CCC[N+](C)(CC)C(=O)O)C(=O)OC. The molecule has 0 aliphatic heterocycles. The number of ether oxygens (including phenoxy) is 2. The van der Waals surface area contributed by atoms with Gasteiger partial charge in [0.2, 0.25) is 0 Å². The second-order valence-electron chi connectivity index (χ2n) is 5.19. The molecule has 0 fully saturated rings. The van der Waals surface area contributed by atoms with E-state index in [0.29, 0.717) is 37.1 Å². The Morgan fingerprint density at radius 1 is 1.09 bits per heavy atom. The molecule has 1 amide bonds. The molecule has 0 rings (SSSR count). The second-order valence-corrected chi connectivity index (χ2v) is 5.19. The van der Waals surface area contributed by atoms with Crippen LogP contribution in [0.25, 0.3) is 0 Å². The van der Waals surface area contributed by atoms with E-state index in [1.165, 1.54) is 14.2 Å². The van der Waals surface area contributed by atoms with Crippen LogP contribution in [0.2, 0.25) is 0 Å². The molecule has 0 aliphatic carbocycles. The van der Waals surface area contributed by atoms with Crippen LogP contribution in [0.15, 0.2) is 24.3 Å². The molecule has 0 aliphatic rings. The molecule has 1 unspecified atom stereocenters. The third-order valence-corrected chi connectivity index (χ3v) is 3.30. The van der Waals surface area contributed by atoms with Gasteiger partial charge in [-0.2, -0.15) is 4.79 Å². The Kier molecular flexibility index (Phi) is 11.5. The van der Waals surface area contributed by atoms with Crippen LogP contribution in [0, 0.1) is 0 Å². The van der Waals surface area contributed by atoms with Crippen LogP contribution in [0.5, 0.6) is 0 Å². The van der Waals surface area contributed by atoms with E-state index >= 15 is 0 Å². The maximum Gasteiger partial charge on any atom is 0.513 e. The average molecular weight is 330 g/mol. The van der Waals surface area contributed by atoms with Crippen LogP contribution in [0.3, 0.4) is 0 Å². The molecule has 0 heterocycles. The molecule has 132 valence electrons. The Bertz CT molecular complexity index is 457. The van der Waals surface area contributed by atoms with Crippen molar-refractivity contribution < 1.29 is 33.4 Å². The molecule has 7 heteroatoms. The highest BCUT2D eigenvalue weighted by Crippen LogP contribution is 2.10. The lowest BCUT2D eigenvalue weighted by atomic mass is 10.1. The van der Waals surface area contributed by atoms with Gasteiger partial charge in [-0.25, -0.2) is 14.1 Å². The molecule has 0 aromatic carbocycles. The van der Waals surface area contributed by atoms with Gasteiger partial charge < -0.3 is 14.6 Å². The number of carboxylic acid groups (broad SMARTS) is 1. The number of nitrogens with zero attached hydrogens (tertiary/aromatic N) is 1. The summed E-state index contributed by atoms with van der Waals surface area (Å²) >= 11 is 0. The van der Waals surface area contributed by atoms with Crippen LogP contribution >= 0.6 is 0 Å². The fourth-order valence-electron chi connectivity index (χ4n) is 1.45. The lowest BCUT2D eigenvalue weighted by molar-refractivity contribution is -0.835. The van der Waals surface area contributed by atoms with Crippen LogP contribution < -0.4 is 0 Å². The van der Waals surface area contributed by atoms with Crippen LogP contribution in [-0.2, 0) is 19.1 Å². The minimum atomic E-state index is -0.855. The van der Waals surface area contributed by atoms with E-state index < -0.39 is 12.1 Å². The molecule has 7 nitrogen and oxygen atoms in total. The number of hydrogen-bond acceptors (Lipinski definition) is 5. The van der Waals surface area contributed by atoms with Gasteiger partial charge in [0.1, 0.15) is 0 Å². The lowest BCUT2D eigenvalue weighted by Gasteiger charge is -2.26. The van der Waals surface area contributed by atoms with Crippen LogP contribution in [-0.4, -0.2) is 62.0 Å². The van der Waals surface area contributed by atoms with Gasteiger partial charge in [0.15, 0.2) is 0 Å². The molecule has 0 saturated heterocycles. The maximum atomic E-state index is 11.0. The van der Waals surface area contributed by atoms with Crippen molar-refractivity contribution in [2.45, 2.75) is 26.7 Å². The van der Waals surface area contributed by atoms with Gasteiger partial charge in [0.05, 0.1) is 34.4 Å². The summed E-state index contributed by atoms with van der Waals surface area (Å²) < 4.78 is 8.73. The first kappa shape index (κ1) is 23.1. The van der Waals surface area contributed by atoms with E-state index in [4.69, 9.17) is 5.11 Å². The summed E-state index contributed by atoms with van der Waals surface area (Å²) in [7, 11) is 4.29. The number of hydrogen-bond donors (Lipinski definition) is 1. The molecule has 0 spiro atoms. The standard InChI is InChI=1S/C11H19NO4.C5H8O2/c1-5-12(3,11(14)15)8-6-7-9(2)10(13)16-4;1-4(2)5(6)7-3/h2,5-8H2,1,3-4H3;1H2,2-3H3/p+1. The van der Waals surface area contributed by atoms with E-state index in [1.807, 2.05) is 6.92 Å². The van der Waals surface area contributed by atoms with Crippen molar-refractivity contribution in [2.75, 3.05) is 34.4 Å². The molecule has 0 saturated carbocycles. The average Bonchev–Trinajstić information content (AvgIpc) is 2.52. The number of carbonyl (C=O) groups excluding carboxylic acids is 2.